The van der Waals surface area contributed by atoms with E-state index in [2.05, 4.69) is 37.7 Å². The Kier molecular flexibility index (Phi) is 2.79. The summed E-state index contributed by atoms with van der Waals surface area (Å²) >= 11 is 0. The van der Waals surface area contributed by atoms with Gasteiger partial charge in [-0.2, -0.15) is 0 Å². The van der Waals surface area contributed by atoms with Crippen molar-refractivity contribution in [1.29, 1.82) is 0 Å². The SMILES string of the molecule is CC(C)c1cnc(C(C)C)cn1. The van der Waals surface area contributed by atoms with Gasteiger partial charge in [0, 0.05) is 12.4 Å². The number of nitrogens with zero attached hydrogens (tertiary/aromatic N) is 2. The Labute approximate surface area is 74.1 Å². The largest absolute Gasteiger partial charge is 0.258 e. The van der Waals surface area contributed by atoms with Gasteiger partial charge in [0.05, 0.1) is 11.4 Å². The molecule has 0 amide bonds. The molecule has 2 nitrogen and oxygen atoms in total. The molecule has 1 aromatic rings. The molecule has 66 valence electrons. The van der Waals surface area contributed by atoms with Crippen LogP contribution < -0.4 is 0 Å². The van der Waals surface area contributed by atoms with Crippen molar-refractivity contribution in [3.05, 3.63) is 23.8 Å². The second kappa shape index (κ2) is 3.65. The highest BCUT2D eigenvalue weighted by molar-refractivity contribution is 5.07. The quantitative estimate of drug-likeness (QED) is 0.671. The first-order valence-electron chi connectivity index (χ1n) is 4.43. The zero-order valence-corrected chi connectivity index (χ0v) is 8.20. The van der Waals surface area contributed by atoms with E-state index in [9.17, 15) is 0 Å². The summed E-state index contributed by atoms with van der Waals surface area (Å²) < 4.78 is 0. The van der Waals surface area contributed by atoms with Gasteiger partial charge in [-0.15, -0.1) is 0 Å². The average molecular weight is 164 g/mol. The minimum atomic E-state index is 0.471. The van der Waals surface area contributed by atoms with E-state index in [1.54, 1.807) is 0 Å². The molecule has 0 unspecified atom stereocenters. The molecule has 0 fully saturated rings. The monoisotopic (exact) mass is 164 g/mol. The van der Waals surface area contributed by atoms with Crippen LogP contribution in [0.15, 0.2) is 12.4 Å². The second-order valence-electron chi connectivity index (χ2n) is 3.68. The Morgan fingerprint density at radius 2 is 1.17 bits per heavy atom. The highest BCUT2D eigenvalue weighted by Gasteiger charge is 2.03. The third-order valence-corrected chi connectivity index (χ3v) is 1.87. The summed E-state index contributed by atoms with van der Waals surface area (Å²) in [4.78, 5) is 8.67. The lowest BCUT2D eigenvalue weighted by Crippen LogP contribution is -1.98. The molecule has 0 N–H and O–H groups in total. The highest BCUT2D eigenvalue weighted by Crippen LogP contribution is 2.13. The van der Waals surface area contributed by atoms with Crippen molar-refractivity contribution < 1.29 is 0 Å². The standard InChI is InChI=1S/C10H16N2/c1-7(2)9-5-12-10(6-11-9)8(3)4/h5-8H,1-4H3. The molecule has 0 radical (unpaired) electrons. The minimum Gasteiger partial charge on any atom is -0.258 e. The summed E-state index contributed by atoms with van der Waals surface area (Å²) in [7, 11) is 0. The van der Waals surface area contributed by atoms with Crippen molar-refractivity contribution in [3.63, 3.8) is 0 Å². The van der Waals surface area contributed by atoms with Gasteiger partial charge in [0.15, 0.2) is 0 Å². The second-order valence-corrected chi connectivity index (χ2v) is 3.68. The fourth-order valence-corrected chi connectivity index (χ4v) is 0.944. The Morgan fingerprint density at radius 1 is 0.833 bits per heavy atom. The van der Waals surface area contributed by atoms with E-state index in [1.165, 1.54) is 0 Å². The predicted octanol–water partition coefficient (Wildman–Crippen LogP) is 2.72. The van der Waals surface area contributed by atoms with Crippen molar-refractivity contribution in [3.8, 4) is 0 Å². The third-order valence-electron chi connectivity index (χ3n) is 1.87. The van der Waals surface area contributed by atoms with Crippen molar-refractivity contribution in [2.45, 2.75) is 39.5 Å². The average Bonchev–Trinajstić information content (AvgIpc) is 2.04. The van der Waals surface area contributed by atoms with E-state index < -0.39 is 0 Å². The van der Waals surface area contributed by atoms with Crippen molar-refractivity contribution in [2.75, 3.05) is 0 Å². The normalized spacial score (nSPS) is 11.2. The van der Waals surface area contributed by atoms with Crippen LogP contribution in [0.4, 0.5) is 0 Å². The molecule has 0 atom stereocenters. The van der Waals surface area contributed by atoms with E-state index in [0.717, 1.165) is 11.4 Å². The van der Waals surface area contributed by atoms with Crippen LogP contribution in [0.2, 0.25) is 0 Å². The molecule has 0 saturated heterocycles. The zero-order valence-electron chi connectivity index (χ0n) is 8.20. The van der Waals surface area contributed by atoms with E-state index in [0.29, 0.717) is 11.8 Å². The maximum Gasteiger partial charge on any atom is 0.0612 e. The molecule has 2 heteroatoms. The predicted molar refractivity (Wildman–Crippen MR) is 50.2 cm³/mol. The van der Waals surface area contributed by atoms with Gasteiger partial charge in [-0.3, -0.25) is 9.97 Å². The Hall–Kier alpha value is -0.920. The summed E-state index contributed by atoms with van der Waals surface area (Å²) in [6.45, 7) is 8.50. The summed E-state index contributed by atoms with van der Waals surface area (Å²) in [6, 6.07) is 0. The smallest absolute Gasteiger partial charge is 0.0612 e. The molecule has 0 aliphatic carbocycles. The highest BCUT2D eigenvalue weighted by atomic mass is 14.8. The number of hydrogen-bond acceptors (Lipinski definition) is 2. The third kappa shape index (κ3) is 2.03. The summed E-state index contributed by atoms with van der Waals surface area (Å²) in [5, 5.41) is 0. The molecular weight excluding hydrogens is 148 g/mol. The lowest BCUT2D eigenvalue weighted by Gasteiger charge is -2.06. The van der Waals surface area contributed by atoms with Gasteiger partial charge < -0.3 is 0 Å². The van der Waals surface area contributed by atoms with Crippen molar-refractivity contribution >= 4 is 0 Å². The molecule has 0 spiro atoms. The first kappa shape index (κ1) is 9.17. The molecule has 1 heterocycles. The van der Waals surface area contributed by atoms with E-state index in [4.69, 9.17) is 0 Å². The molecule has 0 aliphatic heterocycles. The van der Waals surface area contributed by atoms with Crippen LogP contribution in [0.5, 0.6) is 0 Å². The fraction of sp³-hybridized carbons (Fsp3) is 0.600. The Balaban J connectivity index is 2.86. The summed E-state index contributed by atoms with van der Waals surface area (Å²) in [5.41, 5.74) is 2.14. The Morgan fingerprint density at radius 3 is 1.33 bits per heavy atom. The van der Waals surface area contributed by atoms with Crippen molar-refractivity contribution in [1.82, 2.24) is 9.97 Å². The molecule has 1 aromatic heterocycles. The summed E-state index contributed by atoms with van der Waals surface area (Å²) in [5.74, 6) is 0.942. The van der Waals surface area contributed by atoms with Crippen LogP contribution in [0.3, 0.4) is 0 Å². The lowest BCUT2D eigenvalue weighted by molar-refractivity contribution is 0.767. The molecule has 12 heavy (non-hydrogen) atoms. The van der Waals surface area contributed by atoms with E-state index in [-0.39, 0.29) is 0 Å². The zero-order chi connectivity index (χ0) is 9.14. The molecular formula is C10H16N2. The maximum atomic E-state index is 4.34. The van der Waals surface area contributed by atoms with Crippen LogP contribution in [0, 0.1) is 0 Å². The maximum absolute atomic E-state index is 4.34. The van der Waals surface area contributed by atoms with E-state index in [1.807, 2.05) is 12.4 Å². The van der Waals surface area contributed by atoms with Crippen LogP contribution in [-0.4, -0.2) is 9.97 Å². The van der Waals surface area contributed by atoms with Gasteiger partial charge in [-0.25, -0.2) is 0 Å². The van der Waals surface area contributed by atoms with Crippen molar-refractivity contribution in [2.24, 2.45) is 0 Å². The van der Waals surface area contributed by atoms with E-state index >= 15 is 0 Å². The van der Waals surface area contributed by atoms with Crippen LogP contribution in [-0.2, 0) is 0 Å². The van der Waals surface area contributed by atoms with Gasteiger partial charge in [0.2, 0.25) is 0 Å². The summed E-state index contributed by atoms with van der Waals surface area (Å²) in [6.07, 6.45) is 3.75. The first-order valence-corrected chi connectivity index (χ1v) is 4.43. The molecule has 0 bridgehead atoms. The van der Waals surface area contributed by atoms with Gasteiger partial charge in [0.25, 0.3) is 0 Å². The first-order chi connectivity index (χ1) is 5.61. The fourth-order valence-electron chi connectivity index (χ4n) is 0.944. The lowest BCUT2D eigenvalue weighted by atomic mass is 10.1. The van der Waals surface area contributed by atoms with Crippen LogP contribution in [0.1, 0.15) is 50.9 Å². The van der Waals surface area contributed by atoms with Crippen LogP contribution in [0.25, 0.3) is 0 Å². The molecule has 0 aliphatic rings. The van der Waals surface area contributed by atoms with Gasteiger partial charge in [0.1, 0.15) is 0 Å². The minimum absolute atomic E-state index is 0.471. The molecule has 1 rings (SSSR count). The van der Waals surface area contributed by atoms with Gasteiger partial charge >= 0.3 is 0 Å². The topological polar surface area (TPSA) is 25.8 Å². The number of hydrogen-bond donors (Lipinski definition) is 0. The molecule has 0 aromatic carbocycles. The number of aromatic nitrogens is 2. The number of rotatable bonds is 2. The molecule has 0 saturated carbocycles. The van der Waals surface area contributed by atoms with Gasteiger partial charge in [-0.05, 0) is 11.8 Å². The Bertz CT molecular complexity index is 210. The van der Waals surface area contributed by atoms with Gasteiger partial charge in [-0.1, -0.05) is 27.7 Å². The van der Waals surface area contributed by atoms with Crippen LogP contribution >= 0.6 is 0 Å².